The summed E-state index contributed by atoms with van der Waals surface area (Å²) in [6.07, 6.45) is -2.90. The van der Waals surface area contributed by atoms with Crippen LogP contribution in [0.5, 0.6) is 5.75 Å². The number of alkyl halides is 3. The molecule has 0 saturated carbocycles. The molecule has 0 radical (unpaired) electrons. The first-order valence-corrected chi connectivity index (χ1v) is 13.7. The topological polar surface area (TPSA) is 73.9 Å². The molecule has 2 aromatic rings. The molecular formula is C29H37F3N4O3. The third-order valence-electron chi connectivity index (χ3n) is 7.40. The van der Waals surface area contributed by atoms with Crippen molar-refractivity contribution in [3.05, 3.63) is 48.0 Å². The van der Waals surface area contributed by atoms with Gasteiger partial charge in [0.1, 0.15) is 5.75 Å². The van der Waals surface area contributed by atoms with E-state index in [2.05, 4.69) is 10.6 Å². The van der Waals surface area contributed by atoms with E-state index in [1.54, 1.807) is 4.90 Å². The zero-order chi connectivity index (χ0) is 28.0. The minimum absolute atomic E-state index is 0.0235. The number of rotatable bonds is 10. The van der Waals surface area contributed by atoms with Gasteiger partial charge in [0.2, 0.25) is 11.8 Å². The molecule has 0 aliphatic carbocycles. The number of anilines is 3. The highest BCUT2D eigenvalue weighted by Gasteiger charge is 2.41. The molecule has 2 fully saturated rings. The van der Waals surface area contributed by atoms with Gasteiger partial charge in [-0.15, -0.1) is 0 Å². The van der Waals surface area contributed by atoms with Crippen molar-refractivity contribution in [3.63, 3.8) is 0 Å². The standard InChI is InChI=1S/C29H37F3N4O3/c1-3-15-39-26-17-24(9-10-25(26)36-13-11-22(12-14-36)29(30,31)32)34-23-7-5-20(6-8-23)18-33-28(38)21-16-27(37)35(4-2)19-21/h5-10,17,21-22,34H,3-4,11-16,18-19H2,1-2H3,(H,33,38). The van der Waals surface area contributed by atoms with Crippen molar-refractivity contribution in [2.24, 2.45) is 11.8 Å². The van der Waals surface area contributed by atoms with Gasteiger partial charge in [-0.2, -0.15) is 13.2 Å². The Morgan fingerprint density at radius 3 is 2.36 bits per heavy atom. The Hall–Kier alpha value is -3.43. The molecule has 2 aliphatic rings. The summed E-state index contributed by atoms with van der Waals surface area (Å²) in [6.45, 7) is 6.58. The third-order valence-corrected chi connectivity index (χ3v) is 7.40. The van der Waals surface area contributed by atoms with Crippen LogP contribution in [0.1, 0.15) is 45.1 Å². The van der Waals surface area contributed by atoms with Gasteiger partial charge in [-0.05, 0) is 56.0 Å². The van der Waals surface area contributed by atoms with Crippen molar-refractivity contribution in [2.45, 2.75) is 52.3 Å². The minimum atomic E-state index is -4.14. The molecule has 1 unspecified atom stereocenters. The first-order chi connectivity index (χ1) is 18.7. The number of hydrogen-bond acceptors (Lipinski definition) is 5. The number of amides is 2. The van der Waals surface area contributed by atoms with Crippen LogP contribution in [0.2, 0.25) is 0 Å². The number of carbonyl (C=O) groups excluding carboxylic acids is 2. The van der Waals surface area contributed by atoms with Gasteiger partial charge in [-0.1, -0.05) is 19.1 Å². The molecule has 0 bridgehead atoms. The lowest BCUT2D eigenvalue weighted by Gasteiger charge is -2.35. The number of nitrogens with zero attached hydrogens (tertiary/aromatic N) is 2. The lowest BCUT2D eigenvalue weighted by molar-refractivity contribution is -0.179. The number of nitrogens with one attached hydrogen (secondary N) is 2. The molecule has 2 heterocycles. The summed E-state index contributed by atoms with van der Waals surface area (Å²) < 4.78 is 45.3. The Labute approximate surface area is 227 Å². The van der Waals surface area contributed by atoms with Crippen molar-refractivity contribution in [2.75, 3.05) is 43.0 Å². The fraction of sp³-hybridized carbons (Fsp3) is 0.517. The molecule has 7 nitrogen and oxygen atoms in total. The van der Waals surface area contributed by atoms with Gasteiger partial charge in [0.15, 0.2) is 0 Å². The molecule has 0 aromatic heterocycles. The van der Waals surface area contributed by atoms with Crippen molar-refractivity contribution < 1.29 is 27.5 Å². The zero-order valence-electron chi connectivity index (χ0n) is 22.5. The molecule has 39 heavy (non-hydrogen) atoms. The SMILES string of the molecule is CCCOc1cc(Nc2ccc(CNC(=O)C3CC(=O)N(CC)C3)cc2)ccc1N1CCC(C(F)(F)F)CC1. The van der Waals surface area contributed by atoms with Gasteiger partial charge in [-0.3, -0.25) is 9.59 Å². The number of likely N-dealkylation sites (tertiary alicyclic amines) is 1. The molecule has 2 amide bonds. The summed E-state index contributed by atoms with van der Waals surface area (Å²) in [4.78, 5) is 28.0. The molecule has 0 spiro atoms. The predicted octanol–water partition coefficient (Wildman–Crippen LogP) is 5.48. The Balaban J connectivity index is 1.35. The average Bonchev–Trinajstić information content (AvgIpc) is 3.31. The van der Waals surface area contributed by atoms with Crippen molar-refractivity contribution in [1.82, 2.24) is 10.2 Å². The van der Waals surface area contributed by atoms with E-state index in [0.29, 0.717) is 45.1 Å². The first-order valence-electron chi connectivity index (χ1n) is 13.7. The smallest absolute Gasteiger partial charge is 0.391 e. The van der Waals surface area contributed by atoms with Crippen LogP contribution in [-0.4, -0.2) is 55.7 Å². The van der Waals surface area contributed by atoms with Gasteiger partial charge in [0.05, 0.1) is 24.1 Å². The van der Waals surface area contributed by atoms with E-state index >= 15 is 0 Å². The second-order valence-corrected chi connectivity index (χ2v) is 10.2. The van der Waals surface area contributed by atoms with Crippen LogP contribution in [0.3, 0.4) is 0 Å². The van der Waals surface area contributed by atoms with E-state index in [9.17, 15) is 22.8 Å². The van der Waals surface area contributed by atoms with Crippen LogP contribution in [0.25, 0.3) is 0 Å². The summed E-state index contributed by atoms with van der Waals surface area (Å²) in [6, 6.07) is 13.4. The van der Waals surface area contributed by atoms with E-state index in [1.807, 2.05) is 61.2 Å². The summed E-state index contributed by atoms with van der Waals surface area (Å²) >= 11 is 0. The van der Waals surface area contributed by atoms with Crippen molar-refractivity contribution in [1.29, 1.82) is 0 Å². The second-order valence-electron chi connectivity index (χ2n) is 10.2. The van der Waals surface area contributed by atoms with Gasteiger partial charge >= 0.3 is 6.18 Å². The molecule has 212 valence electrons. The summed E-state index contributed by atoms with van der Waals surface area (Å²) in [7, 11) is 0. The fourth-order valence-electron chi connectivity index (χ4n) is 5.09. The summed E-state index contributed by atoms with van der Waals surface area (Å²) in [5.41, 5.74) is 3.41. The molecule has 4 rings (SSSR count). The lowest BCUT2D eigenvalue weighted by atomic mass is 9.96. The quantitative estimate of drug-likeness (QED) is 0.413. The molecule has 1 atom stereocenters. The highest BCUT2D eigenvalue weighted by atomic mass is 19.4. The van der Waals surface area contributed by atoms with Crippen molar-refractivity contribution >= 4 is 28.9 Å². The fourth-order valence-corrected chi connectivity index (χ4v) is 5.09. The van der Waals surface area contributed by atoms with Crippen LogP contribution in [0.15, 0.2) is 42.5 Å². The zero-order valence-corrected chi connectivity index (χ0v) is 22.5. The monoisotopic (exact) mass is 546 g/mol. The Kier molecular flexibility index (Phi) is 9.24. The highest BCUT2D eigenvalue weighted by Crippen LogP contribution is 2.39. The maximum atomic E-state index is 13.1. The number of carbonyl (C=O) groups is 2. The van der Waals surface area contributed by atoms with E-state index in [4.69, 9.17) is 4.74 Å². The maximum Gasteiger partial charge on any atom is 0.391 e. The highest BCUT2D eigenvalue weighted by molar-refractivity contribution is 5.89. The molecule has 2 aromatic carbocycles. The minimum Gasteiger partial charge on any atom is -0.491 e. The van der Waals surface area contributed by atoms with Gasteiger partial charge in [0.25, 0.3) is 0 Å². The Morgan fingerprint density at radius 1 is 1.05 bits per heavy atom. The van der Waals surface area contributed by atoms with Gasteiger partial charge in [0, 0.05) is 56.6 Å². The summed E-state index contributed by atoms with van der Waals surface area (Å²) in [5.74, 6) is -0.983. The van der Waals surface area contributed by atoms with Crippen LogP contribution >= 0.6 is 0 Å². The molecule has 10 heteroatoms. The van der Waals surface area contributed by atoms with Gasteiger partial charge in [-0.25, -0.2) is 0 Å². The lowest BCUT2D eigenvalue weighted by Crippen LogP contribution is -2.39. The summed E-state index contributed by atoms with van der Waals surface area (Å²) in [5, 5.41) is 6.28. The van der Waals surface area contributed by atoms with E-state index in [1.165, 1.54) is 0 Å². The third kappa shape index (κ3) is 7.36. The van der Waals surface area contributed by atoms with E-state index < -0.39 is 12.1 Å². The number of halogens is 3. The normalized spacial score (nSPS) is 18.4. The number of piperidine rings is 1. The van der Waals surface area contributed by atoms with E-state index in [-0.39, 0.29) is 37.0 Å². The number of ether oxygens (including phenoxy) is 1. The van der Waals surface area contributed by atoms with Crippen molar-refractivity contribution in [3.8, 4) is 5.75 Å². The van der Waals surface area contributed by atoms with Gasteiger partial charge < -0.3 is 25.2 Å². The largest absolute Gasteiger partial charge is 0.491 e. The molecule has 2 saturated heterocycles. The predicted molar refractivity (Wildman–Crippen MR) is 145 cm³/mol. The molecular weight excluding hydrogens is 509 g/mol. The Morgan fingerprint density at radius 2 is 1.74 bits per heavy atom. The second kappa shape index (κ2) is 12.6. The van der Waals surface area contributed by atoms with E-state index in [0.717, 1.165) is 29.0 Å². The van der Waals surface area contributed by atoms with Crippen LogP contribution in [-0.2, 0) is 16.1 Å². The molecule has 2 N–H and O–H groups in total. The number of benzene rings is 2. The van der Waals surface area contributed by atoms with Crippen LogP contribution in [0.4, 0.5) is 30.2 Å². The maximum absolute atomic E-state index is 13.1. The average molecular weight is 547 g/mol. The molecule has 2 aliphatic heterocycles. The van der Waals surface area contributed by atoms with Crippen LogP contribution < -0.4 is 20.3 Å². The Bertz CT molecular complexity index is 1130. The number of hydrogen-bond donors (Lipinski definition) is 2. The van der Waals surface area contributed by atoms with Crippen LogP contribution in [0, 0.1) is 11.8 Å². The first kappa shape index (κ1) is 28.6.